The molecule has 1 heterocycles. The fourth-order valence-corrected chi connectivity index (χ4v) is 5.54. The first-order valence-corrected chi connectivity index (χ1v) is 11.2. The maximum Gasteiger partial charge on any atom is 0.308 e. The van der Waals surface area contributed by atoms with Crippen molar-refractivity contribution >= 4 is 33.5 Å². The van der Waals surface area contributed by atoms with Gasteiger partial charge in [-0.3, -0.25) is 14.4 Å². The number of sulfonamides is 1. The number of hydrogen-bond donors (Lipinski definition) is 0. The van der Waals surface area contributed by atoms with Crippen molar-refractivity contribution in [3.63, 3.8) is 0 Å². The predicted octanol–water partition coefficient (Wildman–Crippen LogP) is 2.87. The molecule has 10 heteroatoms. The lowest BCUT2D eigenvalue weighted by Gasteiger charge is -2.37. The molecule has 1 saturated heterocycles. The Labute approximate surface area is 185 Å². The van der Waals surface area contributed by atoms with Gasteiger partial charge in [-0.1, -0.05) is 0 Å². The third-order valence-corrected chi connectivity index (χ3v) is 6.98. The highest BCUT2D eigenvalue weighted by Crippen LogP contribution is 2.34. The van der Waals surface area contributed by atoms with E-state index in [4.69, 9.17) is 4.74 Å². The zero-order valence-electron chi connectivity index (χ0n) is 18.0. The van der Waals surface area contributed by atoms with Gasteiger partial charge in [0.1, 0.15) is 17.6 Å². The van der Waals surface area contributed by atoms with Gasteiger partial charge < -0.3 is 4.74 Å². The summed E-state index contributed by atoms with van der Waals surface area (Å²) in [5, 5.41) is 0. The van der Waals surface area contributed by atoms with Crippen LogP contribution in [0.4, 0.5) is 10.1 Å². The summed E-state index contributed by atoms with van der Waals surface area (Å²) in [4.78, 5) is 37.8. The van der Waals surface area contributed by atoms with Crippen molar-refractivity contribution in [2.24, 2.45) is 0 Å². The van der Waals surface area contributed by atoms with Gasteiger partial charge in [0, 0.05) is 12.5 Å². The van der Waals surface area contributed by atoms with Crippen molar-refractivity contribution in [3.05, 3.63) is 54.3 Å². The van der Waals surface area contributed by atoms with Gasteiger partial charge in [0.25, 0.3) is 5.91 Å². The summed E-state index contributed by atoms with van der Waals surface area (Å²) in [7, 11) is -4.23. The van der Waals surface area contributed by atoms with Crippen molar-refractivity contribution in [2.45, 2.75) is 50.6 Å². The van der Waals surface area contributed by atoms with Gasteiger partial charge in [0.2, 0.25) is 15.9 Å². The van der Waals surface area contributed by atoms with Crippen molar-refractivity contribution in [2.75, 3.05) is 4.90 Å². The minimum absolute atomic E-state index is 0.182. The van der Waals surface area contributed by atoms with Gasteiger partial charge in [-0.05, 0) is 69.3 Å². The highest BCUT2D eigenvalue weighted by atomic mass is 32.2. The number of anilines is 1. The summed E-state index contributed by atoms with van der Waals surface area (Å²) < 4.78 is 46.1. The quantitative estimate of drug-likeness (QED) is 0.385. The summed E-state index contributed by atoms with van der Waals surface area (Å²) in [6, 6.07) is 8.75. The van der Waals surface area contributed by atoms with Crippen LogP contribution in [0.1, 0.15) is 34.1 Å². The molecule has 0 N–H and O–H groups in total. The summed E-state index contributed by atoms with van der Waals surface area (Å²) in [5.74, 6) is -2.13. The van der Waals surface area contributed by atoms with Crippen LogP contribution in [0.3, 0.4) is 0 Å². The molecule has 1 fully saturated rings. The molecule has 2 amide bonds. The Kier molecular flexibility index (Phi) is 6.21. The van der Waals surface area contributed by atoms with Crippen LogP contribution >= 0.6 is 0 Å². The molecule has 170 valence electrons. The van der Waals surface area contributed by atoms with Crippen LogP contribution in [0.25, 0.3) is 0 Å². The van der Waals surface area contributed by atoms with E-state index in [1.165, 1.54) is 31.2 Å². The molecular formula is C22H23FN2O6S. The molecule has 2 aromatic carbocycles. The average Bonchev–Trinajstić information content (AvgIpc) is 2.95. The van der Waals surface area contributed by atoms with Crippen LogP contribution < -0.4 is 9.64 Å². The lowest BCUT2D eigenvalue weighted by molar-refractivity contribution is -0.132. The Bertz CT molecular complexity index is 1150. The van der Waals surface area contributed by atoms with Gasteiger partial charge in [-0.25, -0.2) is 17.7 Å². The maximum absolute atomic E-state index is 13.4. The van der Waals surface area contributed by atoms with E-state index in [1.54, 1.807) is 20.8 Å². The van der Waals surface area contributed by atoms with E-state index in [0.29, 0.717) is 0 Å². The Morgan fingerprint density at radius 2 is 1.62 bits per heavy atom. The van der Waals surface area contributed by atoms with E-state index in [0.717, 1.165) is 33.5 Å². The molecule has 0 saturated carbocycles. The first-order chi connectivity index (χ1) is 14.8. The fraction of sp³-hybridized carbons (Fsp3) is 0.318. The number of amides is 2. The molecular weight excluding hydrogens is 439 g/mol. The molecule has 0 spiro atoms. The van der Waals surface area contributed by atoms with Gasteiger partial charge >= 0.3 is 5.97 Å². The third-order valence-electron chi connectivity index (χ3n) is 4.79. The molecule has 32 heavy (non-hydrogen) atoms. The molecule has 8 nitrogen and oxygen atoms in total. The van der Waals surface area contributed by atoms with Crippen LogP contribution in [0.15, 0.2) is 53.4 Å². The van der Waals surface area contributed by atoms with E-state index >= 15 is 0 Å². The number of ether oxygens (including phenoxy) is 1. The zero-order chi connectivity index (χ0) is 23.8. The van der Waals surface area contributed by atoms with Crippen LogP contribution in [0, 0.1) is 5.82 Å². The minimum Gasteiger partial charge on any atom is -0.427 e. The zero-order valence-corrected chi connectivity index (χ0v) is 18.8. The SMILES string of the molecule is CC(=O)Oc1ccc(N2C(=O)CC(N(C(C)(C)C)S(=O)(=O)c3ccc(F)cc3)C2=O)cc1. The predicted molar refractivity (Wildman–Crippen MR) is 114 cm³/mol. The molecule has 2 aromatic rings. The molecule has 1 atom stereocenters. The van der Waals surface area contributed by atoms with Crippen molar-refractivity contribution in [1.82, 2.24) is 4.31 Å². The number of esters is 1. The Hall–Kier alpha value is -3.11. The Morgan fingerprint density at radius 1 is 1.06 bits per heavy atom. The number of halogens is 1. The van der Waals surface area contributed by atoms with Crippen molar-refractivity contribution in [1.29, 1.82) is 0 Å². The van der Waals surface area contributed by atoms with E-state index in [1.807, 2.05) is 0 Å². The molecule has 1 aliphatic rings. The average molecular weight is 462 g/mol. The van der Waals surface area contributed by atoms with Crippen LogP contribution in [0.2, 0.25) is 0 Å². The van der Waals surface area contributed by atoms with E-state index in [2.05, 4.69) is 0 Å². The standard InChI is InChI=1S/C22H23FN2O6S/c1-14(26)31-17-9-7-16(8-10-17)24-20(27)13-19(21(24)28)25(22(2,3)4)32(29,30)18-11-5-15(23)6-12-18/h5-12,19H,13H2,1-4H3. The van der Waals surface area contributed by atoms with Crippen molar-refractivity contribution < 1.29 is 31.9 Å². The molecule has 1 aliphatic heterocycles. The number of benzene rings is 2. The number of nitrogens with zero attached hydrogens (tertiary/aromatic N) is 2. The fourth-order valence-electron chi connectivity index (χ4n) is 3.62. The third kappa shape index (κ3) is 4.56. The topological polar surface area (TPSA) is 101 Å². The lowest BCUT2D eigenvalue weighted by Crippen LogP contribution is -2.54. The highest BCUT2D eigenvalue weighted by molar-refractivity contribution is 7.89. The molecule has 3 rings (SSSR count). The second-order valence-electron chi connectivity index (χ2n) is 8.30. The van der Waals surface area contributed by atoms with Crippen LogP contribution in [0.5, 0.6) is 5.75 Å². The van der Waals surface area contributed by atoms with Crippen molar-refractivity contribution in [3.8, 4) is 5.75 Å². The largest absolute Gasteiger partial charge is 0.427 e. The normalized spacial score (nSPS) is 17.2. The van der Waals surface area contributed by atoms with E-state index < -0.39 is 45.2 Å². The second-order valence-corrected chi connectivity index (χ2v) is 10.1. The first-order valence-electron chi connectivity index (χ1n) is 9.78. The molecule has 0 radical (unpaired) electrons. The van der Waals surface area contributed by atoms with Gasteiger partial charge in [0.05, 0.1) is 17.0 Å². The second kappa shape index (κ2) is 8.44. The molecule has 0 bridgehead atoms. The maximum atomic E-state index is 13.4. The molecule has 0 aliphatic carbocycles. The summed E-state index contributed by atoms with van der Waals surface area (Å²) in [6.45, 7) is 6.09. The number of carbonyl (C=O) groups is 3. The summed E-state index contributed by atoms with van der Waals surface area (Å²) >= 11 is 0. The van der Waals surface area contributed by atoms with Crippen LogP contribution in [-0.2, 0) is 24.4 Å². The lowest BCUT2D eigenvalue weighted by atomic mass is 10.1. The van der Waals surface area contributed by atoms with E-state index in [9.17, 15) is 27.2 Å². The van der Waals surface area contributed by atoms with Gasteiger partial charge in [0.15, 0.2) is 0 Å². The highest BCUT2D eigenvalue weighted by Gasteiger charge is 2.50. The number of carbonyl (C=O) groups excluding carboxylic acids is 3. The first kappa shape index (κ1) is 23.6. The molecule has 0 aromatic heterocycles. The van der Waals surface area contributed by atoms with Gasteiger partial charge in [-0.15, -0.1) is 0 Å². The Balaban J connectivity index is 1.98. The van der Waals surface area contributed by atoms with E-state index in [-0.39, 0.29) is 22.8 Å². The summed E-state index contributed by atoms with van der Waals surface area (Å²) in [6.07, 6.45) is -0.345. The molecule has 1 unspecified atom stereocenters. The number of hydrogen-bond acceptors (Lipinski definition) is 6. The summed E-state index contributed by atoms with van der Waals surface area (Å²) in [5.41, 5.74) is -0.824. The monoisotopic (exact) mass is 462 g/mol. The number of rotatable bonds is 5. The van der Waals surface area contributed by atoms with Crippen LogP contribution in [-0.4, -0.2) is 42.1 Å². The van der Waals surface area contributed by atoms with Gasteiger partial charge in [-0.2, -0.15) is 4.31 Å². The Morgan fingerprint density at radius 3 is 2.12 bits per heavy atom. The smallest absolute Gasteiger partial charge is 0.308 e. The number of imide groups is 1. The minimum atomic E-state index is -4.23.